The average molecular weight is 223 g/mol. The molecule has 88 valence electrons. The van der Waals surface area contributed by atoms with Gasteiger partial charge in [0, 0.05) is 24.9 Å². The molecule has 0 fully saturated rings. The Labute approximate surface area is 95.5 Å². The van der Waals surface area contributed by atoms with Gasteiger partial charge in [0.15, 0.2) is 11.5 Å². The first-order valence-electron chi connectivity index (χ1n) is 5.61. The molecule has 1 N–H and O–H groups in total. The molecule has 16 heavy (non-hydrogen) atoms. The van der Waals surface area contributed by atoms with E-state index in [1.165, 1.54) is 0 Å². The van der Waals surface area contributed by atoms with E-state index < -0.39 is 0 Å². The largest absolute Gasteiger partial charge is 0.454 e. The van der Waals surface area contributed by atoms with E-state index in [0.717, 1.165) is 43.4 Å². The van der Waals surface area contributed by atoms with Gasteiger partial charge in [-0.2, -0.15) is 0 Å². The molecule has 0 aromatic heterocycles. The highest BCUT2D eigenvalue weighted by Gasteiger charge is 2.12. The Kier molecular flexibility index (Phi) is 3.88. The second-order valence-electron chi connectivity index (χ2n) is 3.61. The molecule has 2 rings (SSSR count). The van der Waals surface area contributed by atoms with E-state index in [4.69, 9.17) is 14.2 Å². The number of ether oxygens (including phenoxy) is 3. The number of rotatable bonds is 6. The SMILES string of the molecule is CCCOCCNc1ccc2c(c1)OCO2. The highest BCUT2D eigenvalue weighted by Crippen LogP contribution is 2.33. The van der Waals surface area contributed by atoms with Crippen LogP contribution in [0.2, 0.25) is 0 Å². The molecule has 0 radical (unpaired) electrons. The van der Waals surface area contributed by atoms with Crippen molar-refractivity contribution in [3.05, 3.63) is 18.2 Å². The van der Waals surface area contributed by atoms with E-state index in [2.05, 4.69) is 12.2 Å². The fraction of sp³-hybridized carbons (Fsp3) is 0.500. The van der Waals surface area contributed by atoms with Gasteiger partial charge in [0.25, 0.3) is 0 Å². The lowest BCUT2D eigenvalue weighted by molar-refractivity contribution is 0.144. The third kappa shape index (κ3) is 2.79. The minimum absolute atomic E-state index is 0.318. The van der Waals surface area contributed by atoms with Crippen LogP contribution in [-0.2, 0) is 4.74 Å². The van der Waals surface area contributed by atoms with Gasteiger partial charge in [0.05, 0.1) is 6.61 Å². The summed E-state index contributed by atoms with van der Waals surface area (Å²) in [6.45, 7) is 4.77. The maximum Gasteiger partial charge on any atom is 0.231 e. The zero-order valence-electron chi connectivity index (χ0n) is 9.49. The lowest BCUT2D eigenvalue weighted by atomic mass is 10.3. The van der Waals surface area contributed by atoms with E-state index in [9.17, 15) is 0 Å². The maximum absolute atomic E-state index is 5.38. The number of anilines is 1. The summed E-state index contributed by atoms with van der Waals surface area (Å²) in [5.74, 6) is 1.62. The van der Waals surface area contributed by atoms with Crippen molar-refractivity contribution in [2.45, 2.75) is 13.3 Å². The van der Waals surface area contributed by atoms with Crippen molar-refractivity contribution >= 4 is 5.69 Å². The zero-order chi connectivity index (χ0) is 11.2. The van der Waals surface area contributed by atoms with Gasteiger partial charge in [0.1, 0.15) is 0 Å². The van der Waals surface area contributed by atoms with Gasteiger partial charge in [-0.05, 0) is 18.6 Å². The molecule has 1 aliphatic heterocycles. The summed E-state index contributed by atoms with van der Waals surface area (Å²) >= 11 is 0. The molecule has 1 aliphatic rings. The highest BCUT2D eigenvalue weighted by atomic mass is 16.7. The summed E-state index contributed by atoms with van der Waals surface area (Å²) < 4.78 is 15.9. The van der Waals surface area contributed by atoms with E-state index in [1.807, 2.05) is 18.2 Å². The predicted molar refractivity (Wildman–Crippen MR) is 62.2 cm³/mol. The Hall–Kier alpha value is -1.42. The second kappa shape index (κ2) is 5.61. The van der Waals surface area contributed by atoms with Crippen LogP contribution in [0.3, 0.4) is 0 Å². The van der Waals surface area contributed by atoms with Crippen LogP contribution in [0, 0.1) is 0 Å². The monoisotopic (exact) mass is 223 g/mol. The molecule has 0 atom stereocenters. The molecule has 1 heterocycles. The Balaban J connectivity index is 1.77. The maximum atomic E-state index is 5.38. The fourth-order valence-corrected chi connectivity index (χ4v) is 1.52. The summed E-state index contributed by atoms with van der Waals surface area (Å²) in [7, 11) is 0. The Bertz CT molecular complexity index is 341. The van der Waals surface area contributed by atoms with Crippen LogP contribution in [-0.4, -0.2) is 26.6 Å². The second-order valence-corrected chi connectivity index (χ2v) is 3.61. The summed E-state index contributed by atoms with van der Waals surface area (Å²) in [6, 6.07) is 5.84. The smallest absolute Gasteiger partial charge is 0.231 e. The average Bonchev–Trinajstić information content (AvgIpc) is 2.76. The van der Waals surface area contributed by atoms with Crippen LogP contribution in [0.4, 0.5) is 5.69 Å². The van der Waals surface area contributed by atoms with Crippen LogP contribution >= 0.6 is 0 Å². The highest BCUT2D eigenvalue weighted by molar-refractivity contribution is 5.55. The third-order valence-corrected chi connectivity index (χ3v) is 2.30. The Morgan fingerprint density at radius 3 is 3.00 bits per heavy atom. The summed E-state index contributed by atoms with van der Waals surface area (Å²) in [5, 5.41) is 3.27. The van der Waals surface area contributed by atoms with Crippen molar-refractivity contribution < 1.29 is 14.2 Å². The number of hydrogen-bond acceptors (Lipinski definition) is 4. The van der Waals surface area contributed by atoms with Crippen molar-refractivity contribution in [2.75, 3.05) is 31.9 Å². The van der Waals surface area contributed by atoms with Crippen LogP contribution in [0.1, 0.15) is 13.3 Å². The standard InChI is InChI=1S/C12H17NO3/c1-2-6-14-7-5-13-10-3-4-11-12(8-10)16-9-15-11/h3-4,8,13H,2,5-7,9H2,1H3. The topological polar surface area (TPSA) is 39.7 Å². The van der Waals surface area contributed by atoms with Gasteiger partial charge in [-0.25, -0.2) is 0 Å². The molecule has 0 unspecified atom stereocenters. The first-order valence-corrected chi connectivity index (χ1v) is 5.61. The normalized spacial score (nSPS) is 12.8. The minimum Gasteiger partial charge on any atom is -0.454 e. The minimum atomic E-state index is 0.318. The molecule has 4 nitrogen and oxygen atoms in total. The Morgan fingerprint density at radius 2 is 2.12 bits per heavy atom. The molecule has 0 aliphatic carbocycles. The third-order valence-electron chi connectivity index (χ3n) is 2.30. The van der Waals surface area contributed by atoms with Crippen LogP contribution in [0.15, 0.2) is 18.2 Å². The number of benzene rings is 1. The van der Waals surface area contributed by atoms with Crippen LogP contribution in [0.25, 0.3) is 0 Å². The zero-order valence-corrected chi connectivity index (χ0v) is 9.49. The molecule has 0 spiro atoms. The molecule has 0 saturated heterocycles. The lowest BCUT2D eigenvalue weighted by Gasteiger charge is -2.07. The number of fused-ring (bicyclic) bond motifs is 1. The molecule has 0 amide bonds. The van der Waals surface area contributed by atoms with Gasteiger partial charge in [0.2, 0.25) is 6.79 Å². The molecule has 1 aromatic carbocycles. The quantitative estimate of drug-likeness (QED) is 0.751. The van der Waals surface area contributed by atoms with Crippen molar-refractivity contribution in [1.82, 2.24) is 0 Å². The van der Waals surface area contributed by atoms with Gasteiger partial charge in [-0.3, -0.25) is 0 Å². The van der Waals surface area contributed by atoms with Gasteiger partial charge in [-0.1, -0.05) is 6.92 Å². The molecule has 0 bridgehead atoms. The molecule has 1 aromatic rings. The van der Waals surface area contributed by atoms with Gasteiger partial charge in [-0.15, -0.1) is 0 Å². The Morgan fingerprint density at radius 1 is 1.25 bits per heavy atom. The van der Waals surface area contributed by atoms with E-state index in [-0.39, 0.29) is 0 Å². The van der Waals surface area contributed by atoms with Crippen LogP contribution < -0.4 is 14.8 Å². The number of hydrogen-bond donors (Lipinski definition) is 1. The summed E-state index contributed by atoms with van der Waals surface area (Å²) in [5.41, 5.74) is 1.03. The summed E-state index contributed by atoms with van der Waals surface area (Å²) in [4.78, 5) is 0. The molecule has 4 heteroatoms. The first kappa shape index (κ1) is 11.1. The van der Waals surface area contributed by atoms with Crippen molar-refractivity contribution in [3.8, 4) is 11.5 Å². The number of nitrogens with one attached hydrogen (secondary N) is 1. The van der Waals surface area contributed by atoms with E-state index >= 15 is 0 Å². The first-order chi connectivity index (χ1) is 7.90. The molecule has 0 saturated carbocycles. The summed E-state index contributed by atoms with van der Waals surface area (Å²) in [6.07, 6.45) is 1.06. The molecular weight excluding hydrogens is 206 g/mol. The van der Waals surface area contributed by atoms with Gasteiger partial charge < -0.3 is 19.5 Å². The van der Waals surface area contributed by atoms with Gasteiger partial charge >= 0.3 is 0 Å². The van der Waals surface area contributed by atoms with E-state index in [1.54, 1.807) is 0 Å². The fourth-order valence-electron chi connectivity index (χ4n) is 1.52. The van der Waals surface area contributed by atoms with Crippen LogP contribution in [0.5, 0.6) is 11.5 Å². The van der Waals surface area contributed by atoms with E-state index in [0.29, 0.717) is 6.79 Å². The van der Waals surface area contributed by atoms with Crippen molar-refractivity contribution in [2.24, 2.45) is 0 Å². The lowest BCUT2D eigenvalue weighted by Crippen LogP contribution is -2.09. The predicted octanol–water partition coefficient (Wildman–Crippen LogP) is 2.25. The molecular formula is C12H17NO3. The van der Waals surface area contributed by atoms with Crippen molar-refractivity contribution in [1.29, 1.82) is 0 Å². The van der Waals surface area contributed by atoms with Crippen molar-refractivity contribution in [3.63, 3.8) is 0 Å².